The van der Waals surface area contributed by atoms with Crippen LogP contribution in [-0.4, -0.2) is 24.8 Å². The average molecular weight is 342 g/mol. The van der Waals surface area contributed by atoms with E-state index in [1.165, 1.54) is 0 Å². The molecule has 5 nitrogen and oxygen atoms in total. The van der Waals surface area contributed by atoms with Gasteiger partial charge in [0, 0.05) is 5.56 Å². The molecule has 2 unspecified atom stereocenters. The highest BCUT2D eigenvalue weighted by Crippen LogP contribution is 2.26. The number of hydrogen-bond acceptors (Lipinski definition) is 3. The molecule has 0 fully saturated rings. The number of carbonyl (C=O) groups excluding carboxylic acids is 1. The summed E-state index contributed by atoms with van der Waals surface area (Å²) in [7, 11) is 1.61. The Hall–Kier alpha value is -2.53. The standard InChI is InChI=1S/C20H26N2O3/c1-14-10-11-18(25-4)17(12-14)15(2)22-19(23)21-13-20(3,24)16-8-6-5-7-9-16/h5-12,15,24H,13H2,1-4H3,(H2,21,22,23). The Morgan fingerprint density at radius 1 is 1.24 bits per heavy atom. The van der Waals surface area contributed by atoms with Gasteiger partial charge in [-0.15, -0.1) is 0 Å². The molecular formula is C20H26N2O3. The largest absolute Gasteiger partial charge is 0.496 e. The lowest BCUT2D eigenvalue weighted by molar-refractivity contribution is 0.0593. The maximum atomic E-state index is 12.2. The lowest BCUT2D eigenvalue weighted by Gasteiger charge is -2.25. The Balaban J connectivity index is 1.97. The molecule has 0 radical (unpaired) electrons. The van der Waals surface area contributed by atoms with E-state index in [1.54, 1.807) is 14.0 Å². The van der Waals surface area contributed by atoms with Gasteiger partial charge in [-0.2, -0.15) is 0 Å². The van der Waals surface area contributed by atoms with Crippen molar-refractivity contribution in [3.8, 4) is 5.75 Å². The van der Waals surface area contributed by atoms with Crippen molar-refractivity contribution in [3.05, 3.63) is 65.2 Å². The van der Waals surface area contributed by atoms with E-state index in [4.69, 9.17) is 4.74 Å². The molecule has 0 bridgehead atoms. The summed E-state index contributed by atoms with van der Waals surface area (Å²) in [6.45, 7) is 5.68. The van der Waals surface area contributed by atoms with Gasteiger partial charge < -0.3 is 20.5 Å². The minimum absolute atomic E-state index is 0.112. The highest BCUT2D eigenvalue weighted by Gasteiger charge is 2.24. The van der Waals surface area contributed by atoms with E-state index in [2.05, 4.69) is 10.6 Å². The van der Waals surface area contributed by atoms with E-state index in [-0.39, 0.29) is 18.6 Å². The Bertz CT molecular complexity index is 714. The lowest BCUT2D eigenvalue weighted by Crippen LogP contribution is -2.44. The third-order valence-corrected chi connectivity index (χ3v) is 4.19. The topological polar surface area (TPSA) is 70.6 Å². The van der Waals surface area contributed by atoms with E-state index in [9.17, 15) is 9.90 Å². The molecule has 0 aliphatic heterocycles. The van der Waals surface area contributed by atoms with Crippen molar-refractivity contribution >= 4 is 6.03 Å². The van der Waals surface area contributed by atoms with Crippen molar-refractivity contribution in [2.75, 3.05) is 13.7 Å². The van der Waals surface area contributed by atoms with Gasteiger partial charge in [0.2, 0.25) is 0 Å². The maximum absolute atomic E-state index is 12.2. The second-order valence-electron chi connectivity index (χ2n) is 6.43. The summed E-state index contributed by atoms with van der Waals surface area (Å²) in [5.41, 5.74) is 1.62. The Kier molecular flexibility index (Phi) is 6.04. The van der Waals surface area contributed by atoms with Gasteiger partial charge in [-0.25, -0.2) is 4.79 Å². The molecule has 25 heavy (non-hydrogen) atoms. The summed E-state index contributed by atoms with van der Waals surface area (Å²) in [5.74, 6) is 0.731. The number of hydrogen-bond donors (Lipinski definition) is 3. The molecule has 0 aromatic heterocycles. The van der Waals surface area contributed by atoms with Gasteiger partial charge in [0.05, 0.1) is 19.7 Å². The van der Waals surface area contributed by atoms with Gasteiger partial charge in [-0.1, -0.05) is 48.0 Å². The van der Waals surface area contributed by atoms with Crippen LogP contribution in [0.25, 0.3) is 0 Å². The van der Waals surface area contributed by atoms with Crippen LogP contribution in [-0.2, 0) is 5.60 Å². The van der Waals surface area contributed by atoms with Crippen molar-refractivity contribution in [3.63, 3.8) is 0 Å². The number of amides is 2. The molecular weight excluding hydrogens is 316 g/mol. The fourth-order valence-corrected chi connectivity index (χ4v) is 2.67. The molecule has 0 aliphatic rings. The first-order valence-corrected chi connectivity index (χ1v) is 8.30. The maximum Gasteiger partial charge on any atom is 0.315 e. The van der Waals surface area contributed by atoms with Gasteiger partial charge in [0.25, 0.3) is 0 Å². The van der Waals surface area contributed by atoms with Crippen molar-refractivity contribution in [2.45, 2.75) is 32.4 Å². The molecule has 0 saturated heterocycles. The van der Waals surface area contributed by atoms with Crippen molar-refractivity contribution in [1.29, 1.82) is 0 Å². The molecule has 0 saturated carbocycles. The number of aliphatic hydroxyl groups is 1. The molecule has 0 heterocycles. The number of nitrogens with one attached hydrogen (secondary N) is 2. The molecule has 0 aliphatic carbocycles. The zero-order valence-corrected chi connectivity index (χ0v) is 15.2. The van der Waals surface area contributed by atoms with Crippen LogP contribution in [0.3, 0.4) is 0 Å². The van der Waals surface area contributed by atoms with Crippen LogP contribution in [0.2, 0.25) is 0 Å². The minimum atomic E-state index is -1.14. The van der Waals surface area contributed by atoms with E-state index in [0.717, 1.165) is 22.4 Å². The Labute approximate surface area is 149 Å². The molecule has 2 aromatic rings. The van der Waals surface area contributed by atoms with E-state index < -0.39 is 5.60 Å². The van der Waals surface area contributed by atoms with Crippen LogP contribution in [0.1, 0.15) is 36.6 Å². The third kappa shape index (κ3) is 4.97. The normalized spacial score (nSPS) is 14.3. The number of benzene rings is 2. The van der Waals surface area contributed by atoms with Gasteiger partial charge >= 0.3 is 6.03 Å². The first-order valence-electron chi connectivity index (χ1n) is 8.30. The SMILES string of the molecule is COc1ccc(C)cc1C(C)NC(=O)NCC(C)(O)c1ccccc1. The summed E-state index contributed by atoms with van der Waals surface area (Å²) in [6.07, 6.45) is 0. The summed E-state index contributed by atoms with van der Waals surface area (Å²) in [4.78, 5) is 12.2. The molecule has 5 heteroatoms. The number of urea groups is 1. The average Bonchev–Trinajstić information content (AvgIpc) is 2.60. The van der Waals surface area contributed by atoms with Crippen LogP contribution in [0, 0.1) is 6.92 Å². The molecule has 2 amide bonds. The highest BCUT2D eigenvalue weighted by molar-refractivity contribution is 5.74. The lowest BCUT2D eigenvalue weighted by atomic mass is 9.96. The van der Waals surface area contributed by atoms with Crippen molar-refractivity contribution in [1.82, 2.24) is 10.6 Å². The quantitative estimate of drug-likeness (QED) is 0.754. The molecule has 2 atom stereocenters. The number of ether oxygens (including phenoxy) is 1. The van der Waals surface area contributed by atoms with Crippen molar-refractivity contribution in [2.24, 2.45) is 0 Å². The first-order chi connectivity index (χ1) is 11.8. The zero-order valence-electron chi connectivity index (χ0n) is 15.2. The fraction of sp³-hybridized carbons (Fsp3) is 0.350. The van der Waals surface area contributed by atoms with E-state index >= 15 is 0 Å². The van der Waals surface area contributed by atoms with Crippen LogP contribution in [0.15, 0.2) is 48.5 Å². The van der Waals surface area contributed by atoms with E-state index in [0.29, 0.717) is 0 Å². The smallest absolute Gasteiger partial charge is 0.315 e. The summed E-state index contributed by atoms with van der Waals surface area (Å²) in [5, 5.41) is 16.2. The van der Waals surface area contributed by atoms with E-state index in [1.807, 2.05) is 62.4 Å². The number of aryl methyl sites for hydroxylation is 1. The summed E-state index contributed by atoms with van der Waals surface area (Å²) < 4.78 is 5.36. The Morgan fingerprint density at radius 3 is 2.56 bits per heavy atom. The van der Waals surface area contributed by atoms with Gasteiger partial charge in [-0.3, -0.25) is 0 Å². The van der Waals surface area contributed by atoms with Crippen molar-refractivity contribution < 1.29 is 14.6 Å². The summed E-state index contributed by atoms with van der Waals surface area (Å²) in [6, 6.07) is 14.5. The van der Waals surface area contributed by atoms with Gasteiger partial charge in [0.15, 0.2) is 0 Å². The second-order valence-corrected chi connectivity index (χ2v) is 6.43. The van der Waals surface area contributed by atoms with Crippen LogP contribution >= 0.6 is 0 Å². The molecule has 2 aromatic carbocycles. The zero-order chi connectivity index (χ0) is 18.4. The third-order valence-electron chi connectivity index (χ3n) is 4.19. The molecule has 2 rings (SSSR count). The highest BCUT2D eigenvalue weighted by atomic mass is 16.5. The van der Waals surface area contributed by atoms with Crippen LogP contribution in [0.5, 0.6) is 5.75 Å². The number of carbonyl (C=O) groups is 1. The van der Waals surface area contributed by atoms with Gasteiger partial charge in [0.1, 0.15) is 11.4 Å². The Morgan fingerprint density at radius 2 is 1.92 bits per heavy atom. The predicted octanol–water partition coefficient (Wildman–Crippen LogP) is 3.27. The monoisotopic (exact) mass is 342 g/mol. The second kappa shape index (κ2) is 8.03. The van der Waals surface area contributed by atoms with Crippen LogP contribution < -0.4 is 15.4 Å². The fourth-order valence-electron chi connectivity index (χ4n) is 2.67. The van der Waals surface area contributed by atoms with Crippen LogP contribution in [0.4, 0.5) is 4.79 Å². The minimum Gasteiger partial charge on any atom is -0.496 e. The number of methoxy groups -OCH3 is 1. The molecule has 134 valence electrons. The molecule has 0 spiro atoms. The first kappa shape index (κ1) is 18.8. The predicted molar refractivity (Wildman–Crippen MR) is 98.7 cm³/mol. The molecule has 3 N–H and O–H groups in total. The summed E-state index contributed by atoms with van der Waals surface area (Å²) >= 11 is 0. The number of rotatable bonds is 6. The van der Waals surface area contributed by atoms with Gasteiger partial charge in [-0.05, 0) is 32.4 Å².